The molecule has 0 aromatic heterocycles. The number of methoxy groups -OCH3 is 1. The second-order valence-electron chi connectivity index (χ2n) is 3.82. The van der Waals surface area contributed by atoms with Gasteiger partial charge in [0.25, 0.3) is 0 Å². The van der Waals surface area contributed by atoms with Crippen LogP contribution in [0.25, 0.3) is 0 Å². The summed E-state index contributed by atoms with van der Waals surface area (Å²) in [6.45, 7) is 4.32. The number of hydrogen-bond donors (Lipinski definition) is 0. The summed E-state index contributed by atoms with van der Waals surface area (Å²) in [7, 11) is 3.81. The summed E-state index contributed by atoms with van der Waals surface area (Å²) in [5, 5.41) is 0. The molecule has 1 atom stereocenters. The third-order valence-electron chi connectivity index (χ3n) is 2.36. The van der Waals surface area contributed by atoms with Gasteiger partial charge in [-0.05, 0) is 18.1 Å². The zero-order valence-electron chi connectivity index (χ0n) is 9.40. The minimum absolute atomic E-state index is 0.136. The molecule has 14 heavy (non-hydrogen) atoms. The molecule has 1 unspecified atom stereocenters. The van der Waals surface area contributed by atoms with Crippen LogP contribution < -0.4 is 4.90 Å². The number of rotatable bonds is 4. The fraction of sp³-hybridized carbons (Fsp3) is 0.500. The molecule has 78 valence electrons. The largest absolute Gasteiger partial charge is 0.361 e. The van der Waals surface area contributed by atoms with Crippen molar-refractivity contribution in [1.82, 2.24) is 0 Å². The third-order valence-corrected chi connectivity index (χ3v) is 2.36. The average molecular weight is 193 g/mol. The monoisotopic (exact) mass is 193 g/mol. The highest BCUT2D eigenvalue weighted by Crippen LogP contribution is 2.18. The molecule has 0 saturated carbocycles. The zero-order chi connectivity index (χ0) is 10.6. The van der Waals surface area contributed by atoms with E-state index in [1.54, 1.807) is 7.11 Å². The van der Waals surface area contributed by atoms with Gasteiger partial charge in [0.1, 0.15) is 6.23 Å². The van der Waals surface area contributed by atoms with Crippen LogP contribution in [-0.2, 0) is 4.74 Å². The van der Waals surface area contributed by atoms with Crippen LogP contribution in [0.1, 0.15) is 13.8 Å². The number of benzene rings is 1. The lowest BCUT2D eigenvalue weighted by atomic mass is 10.1. The van der Waals surface area contributed by atoms with Gasteiger partial charge >= 0.3 is 0 Å². The Morgan fingerprint density at radius 2 is 1.71 bits per heavy atom. The van der Waals surface area contributed by atoms with Gasteiger partial charge in [-0.2, -0.15) is 0 Å². The smallest absolute Gasteiger partial charge is 0.131 e. The van der Waals surface area contributed by atoms with Gasteiger partial charge in [-0.15, -0.1) is 0 Å². The number of nitrogens with zero attached hydrogens (tertiary/aromatic N) is 1. The molecule has 0 aliphatic heterocycles. The van der Waals surface area contributed by atoms with Gasteiger partial charge in [0.2, 0.25) is 0 Å². The topological polar surface area (TPSA) is 12.5 Å². The predicted octanol–water partition coefficient (Wildman–Crippen LogP) is 2.75. The summed E-state index contributed by atoms with van der Waals surface area (Å²) in [4.78, 5) is 2.16. The molecule has 2 heteroatoms. The van der Waals surface area contributed by atoms with Crippen molar-refractivity contribution in [1.29, 1.82) is 0 Å². The van der Waals surface area contributed by atoms with Crippen molar-refractivity contribution >= 4 is 5.69 Å². The Bertz CT molecular complexity index is 258. The van der Waals surface area contributed by atoms with Crippen LogP contribution in [0.5, 0.6) is 0 Å². The Kier molecular flexibility index (Phi) is 3.96. The molecule has 2 nitrogen and oxygen atoms in total. The molecule has 0 radical (unpaired) electrons. The van der Waals surface area contributed by atoms with E-state index in [0.29, 0.717) is 5.92 Å². The second-order valence-corrected chi connectivity index (χ2v) is 3.82. The van der Waals surface area contributed by atoms with E-state index < -0.39 is 0 Å². The standard InChI is InChI=1S/C12H19NO/c1-10(2)12(14-4)13(3)11-8-6-5-7-9-11/h5-10,12H,1-4H3. The zero-order valence-corrected chi connectivity index (χ0v) is 9.40. The predicted molar refractivity (Wildman–Crippen MR) is 60.5 cm³/mol. The Labute approximate surface area is 86.5 Å². The van der Waals surface area contributed by atoms with E-state index in [4.69, 9.17) is 4.74 Å². The average Bonchev–Trinajstić information content (AvgIpc) is 2.19. The maximum Gasteiger partial charge on any atom is 0.131 e. The van der Waals surface area contributed by atoms with Crippen LogP contribution in [0.2, 0.25) is 0 Å². The van der Waals surface area contributed by atoms with E-state index in [2.05, 4.69) is 37.9 Å². The summed E-state index contributed by atoms with van der Waals surface area (Å²) in [6, 6.07) is 10.3. The van der Waals surface area contributed by atoms with Crippen molar-refractivity contribution in [2.45, 2.75) is 20.1 Å². The molecule has 0 spiro atoms. The Morgan fingerprint density at radius 3 is 2.14 bits per heavy atom. The molecule has 0 N–H and O–H groups in total. The minimum atomic E-state index is 0.136. The highest BCUT2D eigenvalue weighted by molar-refractivity contribution is 5.45. The molecule has 0 saturated heterocycles. The molecule has 0 heterocycles. The van der Waals surface area contributed by atoms with Gasteiger partial charge in [0, 0.05) is 19.8 Å². The van der Waals surface area contributed by atoms with Crippen molar-refractivity contribution in [3.05, 3.63) is 30.3 Å². The molecular weight excluding hydrogens is 174 g/mol. The lowest BCUT2D eigenvalue weighted by Gasteiger charge is -2.31. The molecule has 0 aliphatic carbocycles. The molecule has 1 aromatic carbocycles. The first kappa shape index (κ1) is 11.1. The summed E-state index contributed by atoms with van der Waals surface area (Å²) in [5.41, 5.74) is 1.19. The van der Waals surface area contributed by atoms with Crippen molar-refractivity contribution in [3.63, 3.8) is 0 Å². The van der Waals surface area contributed by atoms with E-state index >= 15 is 0 Å². The van der Waals surface area contributed by atoms with Crippen LogP contribution in [-0.4, -0.2) is 20.4 Å². The first-order valence-corrected chi connectivity index (χ1v) is 4.97. The van der Waals surface area contributed by atoms with Gasteiger partial charge in [0.15, 0.2) is 0 Å². The molecule has 0 aliphatic rings. The lowest BCUT2D eigenvalue weighted by molar-refractivity contribution is 0.0660. The normalized spacial score (nSPS) is 12.9. The van der Waals surface area contributed by atoms with Crippen molar-refractivity contribution in [2.24, 2.45) is 5.92 Å². The highest BCUT2D eigenvalue weighted by Gasteiger charge is 2.17. The third kappa shape index (κ3) is 2.48. The summed E-state index contributed by atoms with van der Waals surface area (Å²) in [6.07, 6.45) is 0.136. The minimum Gasteiger partial charge on any atom is -0.361 e. The molecule has 1 rings (SSSR count). The van der Waals surface area contributed by atoms with Gasteiger partial charge in [0.05, 0.1) is 0 Å². The molecule has 0 bridgehead atoms. The van der Waals surface area contributed by atoms with Crippen LogP contribution in [0.3, 0.4) is 0 Å². The van der Waals surface area contributed by atoms with E-state index in [0.717, 1.165) is 0 Å². The number of anilines is 1. The molecule has 0 amide bonds. The van der Waals surface area contributed by atoms with Crippen LogP contribution >= 0.6 is 0 Å². The van der Waals surface area contributed by atoms with Crippen molar-refractivity contribution in [3.8, 4) is 0 Å². The number of ether oxygens (including phenoxy) is 1. The molecule has 1 aromatic rings. The maximum absolute atomic E-state index is 5.45. The van der Waals surface area contributed by atoms with Gasteiger partial charge in [-0.1, -0.05) is 32.0 Å². The maximum atomic E-state index is 5.45. The first-order chi connectivity index (χ1) is 6.66. The first-order valence-electron chi connectivity index (χ1n) is 4.97. The van der Waals surface area contributed by atoms with Gasteiger partial charge < -0.3 is 9.64 Å². The molecular formula is C12H19NO. The van der Waals surface area contributed by atoms with Crippen LogP contribution in [0.15, 0.2) is 30.3 Å². The van der Waals surface area contributed by atoms with Gasteiger partial charge in [-0.3, -0.25) is 0 Å². The summed E-state index contributed by atoms with van der Waals surface area (Å²) >= 11 is 0. The summed E-state index contributed by atoms with van der Waals surface area (Å²) in [5.74, 6) is 0.477. The Morgan fingerprint density at radius 1 is 1.14 bits per heavy atom. The second kappa shape index (κ2) is 5.01. The fourth-order valence-corrected chi connectivity index (χ4v) is 1.69. The SMILES string of the molecule is COC(C(C)C)N(C)c1ccccc1. The summed E-state index contributed by atoms with van der Waals surface area (Å²) < 4.78 is 5.45. The van der Waals surface area contributed by atoms with E-state index in [9.17, 15) is 0 Å². The van der Waals surface area contributed by atoms with Crippen LogP contribution in [0, 0.1) is 5.92 Å². The number of hydrogen-bond acceptors (Lipinski definition) is 2. The lowest BCUT2D eigenvalue weighted by Crippen LogP contribution is -2.37. The Balaban J connectivity index is 2.78. The van der Waals surface area contributed by atoms with E-state index in [-0.39, 0.29) is 6.23 Å². The van der Waals surface area contributed by atoms with E-state index in [1.807, 2.05) is 18.2 Å². The molecule has 0 fully saturated rings. The quantitative estimate of drug-likeness (QED) is 0.682. The van der Waals surface area contributed by atoms with Crippen molar-refractivity contribution < 1.29 is 4.74 Å². The van der Waals surface area contributed by atoms with Gasteiger partial charge in [-0.25, -0.2) is 0 Å². The highest BCUT2D eigenvalue weighted by atomic mass is 16.5. The fourth-order valence-electron chi connectivity index (χ4n) is 1.69. The Hall–Kier alpha value is -1.02. The van der Waals surface area contributed by atoms with Crippen molar-refractivity contribution in [2.75, 3.05) is 19.1 Å². The van der Waals surface area contributed by atoms with E-state index in [1.165, 1.54) is 5.69 Å². The van der Waals surface area contributed by atoms with Crippen LogP contribution in [0.4, 0.5) is 5.69 Å². The number of para-hydroxylation sites is 1.